The van der Waals surface area contributed by atoms with Crippen LogP contribution < -0.4 is 10.3 Å². The van der Waals surface area contributed by atoms with Gasteiger partial charge in [0, 0.05) is 38.8 Å². The molecule has 1 atom stereocenters. The lowest BCUT2D eigenvalue weighted by Gasteiger charge is -2.35. The van der Waals surface area contributed by atoms with Gasteiger partial charge in [-0.25, -0.2) is 10.3 Å². The lowest BCUT2D eigenvalue weighted by molar-refractivity contribution is -0.510. The highest BCUT2D eigenvalue weighted by Crippen LogP contribution is 2.41. The van der Waals surface area contributed by atoms with Crippen LogP contribution in [0.2, 0.25) is 0 Å². The molecule has 1 unspecified atom stereocenters. The van der Waals surface area contributed by atoms with Crippen LogP contribution in [0, 0.1) is 0 Å². The molecule has 230 valence electrons. The van der Waals surface area contributed by atoms with Crippen molar-refractivity contribution in [2.45, 2.75) is 50.0 Å². The summed E-state index contributed by atoms with van der Waals surface area (Å²) in [5.41, 5.74) is 4.95. The SMILES string of the molecule is CC(C)(O)C(C)(C)OSc1cc(-c2cccc(C3=[NH+]C(c4ccccc4)N=C(c4ccccc4)N3)c2)c2c(c1)oc1ccccc12. The van der Waals surface area contributed by atoms with E-state index in [1.54, 1.807) is 13.8 Å². The minimum absolute atomic E-state index is 0.253. The van der Waals surface area contributed by atoms with Crippen LogP contribution in [0.1, 0.15) is 50.6 Å². The van der Waals surface area contributed by atoms with Crippen molar-refractivity contribution in [1.82, 2.24) is 5.32 Å². The first-order valence-electron chi connectivity index (χ1n) is 15.4. The fourth-order valence-electron chi connectivity index (χ4n) is 5.38. The normalized spacial score (nSPS) is 15.5. The minimum atomic E-state index is -1.03. The highest BCUT2D eigenvalue weighted by atomic mass is 32.2. The topological polar surface area (TPSA) is 81.0 Å². The molecule has 0 amide bonds. The number of fused-ring (bicyclic) bond motifs is 3. The second kappa shape index (κ2) is 11.9. The first kappa shape index (κ1) is 30.0. The molecule has 0 aliphatic carbocycles. The lowest BCUT2D eigenvalue weighted by atomic mass is 9.90. The van der Waals surface area contributed by atoms with Crippen molar-refractivity contribution in [3.05, 3.63) is 138 Å². The minimum Gasteiger partial charge on any atom is -0.456 e. The molecule has 6 aromatic rings. The van der Waals surface area contributed by atoms with E-state index in [4.69, 9.17) is 13.6 Å². The molecule has 2 heterocycles. The number of furan rings is 1. The lowest BCUT2D eigenvalue weighted by Crippen LogP contribution is -2.80. The summed E-state index contributed by atoms with van der Waals surface area (Å²) in [6, 6.07) is 41.2. The molecule has 7 rings (SSSR count). The number of hydrogen-bond acceptors (Lipinski definition) is 6. The predicted molar refractivity (Wildman–Crippen MR) is 187 cm³/mol. The number of nitrogens with zero attached hydrogens (tertiary/aromatic N) is 1. The average Bonchev–Trinajstić information content (AvgIpc) is 3.46. The van der Waals surface area contributed by atoms with Gasteiger partial charge in [0.05, 0.1) is 11.2 Å². The van der Waals surface area contributed by atoms with Gasteiger partial charge in [0.15, 0.2) is 0 Å². The molecular weight excluding hydrogens is 591 g/mol. The number of nitrogens with one attached hydrogen (secondary N) is 2. The Morgan fingerprint density at radius 2 is 1.43 bits per heavy atom. The zero-order valence-electron chi connectivity index (χ0n) is 26.2. The summed E-state index contributed by atoms with van der Waals surface area (Å²) in [5.74, 6) is 1.68. The third-order valence-corrected chi connectivity index (χ3v) is 9.61. The highest BCUT2D eigenvalue weighted by Gasteiger charge is 2.37. The Kier molecular flexibility index (Phi) is 7.77. The van der Waals surface area contributed by atoms with Crippen LogP contribution in [-0.4, -0.2) is 28.0 Å². The molecule has 0 spiro atoms. The second-order valence-corrected chi connectivity index (χ2v) is 13.4. The molecule has 0 bridgehead atoms. The van der Waals surface area contributed by atoms with Crippen LogP contribution in [0.3, 0.4) is 0 Å². The Balaban J connectivity index is 1.33. The van der Waals surface area contributed by atoms with Crippen LogP contribution in [0.5, 0.6) is 0 Å². The van der Waals surface area contributed by atoms with E-state index in [2.05, 4.69) is 71.0 Å². The van der Waals surface area contributed by atoms with Gasteiger partial charge in [0.25, 0.3) is 5.84 Å². The maximum absolute atomic E-state index is 10.7. The van der Waals surface area contributed by atoms with Gasteiger partial charge in [-0.15, -0.1) is 0 Å². The Morgan fingerprint density at radius 1 is 0.761 bits per heavy atom. The van der Waals surface area contributed by atoms with Gasteiger partial charge in [-0.2, -0.15) is 4.99 Å². The molecule has 5 aromatic carbocycles. The molecule has 0 saturated heterocycles. The van der Waals surface area contributed by atoms with E-state index in [1.807, 2.05) is 74.5 Å². The summed E-state index contributed by atoms with van der Waals surface area (Å²) in [6.07, 6.45) is -0.253. The fourth-order valence-corrected chi connectivity index (χ4v) is 6.21. The summed E-state index contributed by atoms with van der Waals surface area (Å²) in [6.45, 7) is 7.30. The number of aliphatic imine (C=N–C) groups is 1. The average molecular weight is 627 g/mol. The molecule has 1 aromatic heterocycles. The van der Waals surface area contributed by atoms with Crippen LogP contribution >= 0.6 is 12.0 Å². The molecule has 0 fully saturated rings. The number of hydrogen-bond donors (Lipinski definition) is 3. The Morgan fingerprint density at radius 3 is 2.20 bits per heavy atom. The van der Waals surface area contributed by atoms with Gasteiger partial charge in [-0.3, -0.25) is 0 Å². The fraction of sp³-hybridized carbons (Fsp3) is 0.179. The van der Waals surface area contributed by atoms with Crippen LogP contribution in [-0.2, 0) is 4.18 Å². The molecule has 46 heavy (non-hydrogen) atoms. The summed E-state index contributed by atoms with van der Waals surface area (Å²) in [5, 5.41) is 16.4. The molecule has 1 aliphatic rings. The largest absolute Gasteiger partial charge is 0.456 e. The molecule has 3 N–H and O–H groups in total. The number of para-hydroxylation sites is 1. The van der Waals surface area contributed by atoms with Crippen molar-refractivity contribution in [3.63, 3.8) is 0 Å². The predicted octanol–water partition coefficient (Wildman–Crippen LogP) is 7.40. The monoisotopic (exact) mass is 626 g/mol. The highest BCUT2D eigenvalue weighted by molar-refractivity contribution is 7.94. The third-order valence-electron chi connectivity index (χ3n) is 8.68. The van der Waals surface area contributed by atoms with E-state index in [0.29, 0.717) is 0 Å². The van der Waals surface area contributed by atoms with E-state index in [1.165, 1.54) is 12.0 Å². The van der Waals surface area contributed by atoms with E-state index in [0.717, 1.165) is 66.3 Å². The number of benzene rings is 5. The van der Waals surface area contributed by atoms with Crippen molar-refractivity contribution in [2.24, 2.45) is 4.99 Å². The Bertz CT molecular complexity index is 2090. The van der Waals surface area contributed by atoms with Crippen LogP contribution in [0.15, 0.2) is 136 Å². The molecule has 7 heteroatoms. The Hall–Kier alpha value is -4.69. The molecule has 0 radical (unpaired) electrons. The molecule has 6 nitrogen and oxygen atoms in total. The summed E-state index contributed by atoms with van der Waals surface area (Å²) in [7, 11) is 0. The standard InChI is InChI=1S/C39H35N3O3S/c1-38(2,43)39(3,4)45-46-29-23-31(34-30-20-11-12-21-32(30)44-33(34)24-29)27-18-13-19-28(22-27)37-41-35(25-14-7-5-8-15-25)40-36(42-37)26-16-9-6-10-17-26/h5-24,35,43H,1-4H3,(H,40,41,42)/p+1. The van der Waals surface area contributed by atoms with Crippen molar-refractivity contribution in [2.75, 3.05) is 0 Å². The first-order chi connectivity index (χ1) is 22.2. The van der Waals surface area contributed by atoms with Crippen molar-refractivity contribution < 1.29 is 18.7 Å². The van der Waals surface area contributed by atoms with Crippen molar-refractivity contribution in [1.29, 1.82) is 0 Å². The van der Waals surface area contributed by atoms with Gasteiger partial charge in [0.2, 0.25) is 12.0 Å². The van der Waals surface area contributed by atoms with E-state index in [-0.39, 0.29) is 6.17 Å². The number of aliphatic hydroxyl groups is 1. The smallest absolute Gasteiger partial charge is 0.283 e. The number of amidine groups is 2. The van der Waals surface area contributed by atoms with Gasteiger partial charge in [-0.1, -0.05) is 78.9 Å². The van der Waals surface area contributed by atoms with Crippen LogP contribution in [0.25, 0.3) is 33.1 Å². The van der Waals surface area contributed by atoms with Crippen molar-refractivity contribution >= 4 is 45.7 Å². The molecule has 1 aliphatic heterocycles. The van der Waals surface area contributed by atoms with Gasteiger partial charge in [-0.05, 0) is 81.3 Å². The Labute approximate surface area is 273 Å². The van der Waals surface area contributed by atoms with Crippen molar-refractivity contribution in [3.8, 4) is 11.1 Å². The maximum Gasteiger partial charge on any atom is 0.283 e. The number of rotatable bonds is 8. The van der Waals surface area contributed by atoms with Gasteiger partial charge >= 0.3 is 0 Å². The summed E-state index contributed by atoms with van der Waals surface area (Å²) >= 11 is 1.25. The molecular formula is C39H36N3O3S+. The zero-order chi connectivity index (χ0) is 31.9. The third kappa shape index (κ3) is 5.85. The summed E-state index contributed by atoms with van der Waals surface area (Å²) in [4.78, 5) is 9.57. The van der Waals surface area contributed by atoms with E-state index < -0.39 is 11.2 Å². The van der Waals surface area contributed by atoms with Gasteiger partial charge in [0.1, 0.15) is 16.8 Å². The summed E-state index contributed by atoms with van der Waals surface area (Å²) < 4.78 is 12.6. The van der Waals surface area contributed by atoms with Crippen LogP contribution in [0.4, 0.5) is 0 Å². The zero-order valence-corrected chi connectivity index (χ0v) is 27.1. The van der Waals surface area contributed by atoms with Gasteiger partial charge < -0.3 is 13.7 Å². The molecule has 0 saturated carbocycles. The van der Waals surface area contributed by atoms with E-state index in [9.17, 15) is 5.11 Å². The quantitative estimate of drug-likeness (QED) is 0.153. The van der Waals surface area contributed by atoms with E-state index >= 15 is 0 Å². The first-order valence-corrected chi connectivity index (χ1v) is 16.1. The second-order valence-electron chi connectivity index (χ2n) is 12.6. The maximum atomic E-state index is 10.7.